The molecule has 2 fully saturated rings. The maximum absolute atomic E-state index is 12.5. The van der Waals surface area contributed by atoms with Crippen LogP contribution in [0, 0.1) is 23.7 Å². The summed E-state index contributed by atoms with van der Waals surface area (Å²) in [6.07, 6.45) is 6.78. The highest BCUT2D eigenvalue weighted by molar-refractivity contribution is 14.0. The van der Waals surface area contributed by atoms with Crippen LogP contribution >= 0.6 is 24.0 Å². The van der Waals surface area contributed by atoms with Gasteiger partial charge in [0.1, 0.15) is 5.82 Å². The van der Waals surface area contributed by atoms with E-state index in [0.29, 0.717) is 5.82 Å². The Bertz CT molecular complexity index is 706. The first-order valence-electron chi connectivity index (χ1n) is 8.16. The molecule has 2 amide bonds. The number of amides is 2. The van der Waals surface area contributed by atoms with Crippen LogP contribution in [0.1, 0.15) is 6.42 Å². The number of carbonyl (C=O) groups is 2. The van der Waals surface area contributed by atoms with E-state index in [1.165, 1.54) is 4.90 Å². The molecule has 4 rings (SSSR count). The molecule has 25 heavy (non-hydrogen) atoms. The van der Waals surface area contributed by atoms with Crippen molar-refractivity contribution >= 4 is 47.6 Å². The first-order chi connectivity index (χ1) is 11.6. The second-order valence-electron chi connectivity index (χ2n) is 6.43. The van der Waals surface area contributed by atoms with Gasteiger partial charge >= 0.3 is 0 Å². The molecule has 132 valence electrons. The molecular formula is C17H20IN5O2. The Labute approximate surface area is 162 Å². The number of carbonyl (C=O) groups excluding carboxylic acids is 2. The van der Waals surface area contributed by atoms with Gasteiger partial charge < -0.3 is 11.1 Å². The summed E-state index contributed by atoms with van der Waals surface area (Å²) in [6.45, 7) is 0.556. The second kappa shape index (κ2) is 7.11. The number of pyridine rings is 1. The zero-order chi connectivity index (χ0) is 16.7. The van der Waals surface area contributed by atoms with Crippen molar-refractivity contribution in [1.82, 2.24) is 9.88 Å². The molecule has 1 aromatic heterocycles. The lowest BCUT2D eigenvalue weighted by atomic mass is 9.85. The number of rotatable bonds is 4. The summed E-state index contributed by atoms with van der Waals surface area (Å²) >= 11 is 0. The summed E-state index contributed by atoms with van der Waals surface area (Å²) in [4.78, 5) is 34.7. The third-order valence-corrected chi connectivity index (χ3v) is 5.09. The number of imide groups is 1. The third-order valence-electron chi connectivity index (χ3n) is 5.09. The van der Waals surface area contributed by atoms with Crippen molar-refractivity contribution in [2.45, 2.75) is 6.42 Å². The van der Waals surface area contributed by atoms with Crippen LogP contribution in [0.3, 0.4) is 0 Å². The van der Waals surface area contributed by atoms with E-state index in [1.54, 1.807) is 12.3 Å². The molecule has 0 spiro atoms. The molecule has 1 aromatic rings. The van der Waals surface area contributed by atoms with Gasteiger partial charge in [0.15, 0.2) is 5.96 Å². The molecule has 3 aliphatic rings. The molecule has 8 heteroatoms. The minimum Gasteiger partial charge on any atom is -0.370 e. The van der Waals surface area contributed by atoms with Crippen molar-refractivity contribution in [3.63, 3.8) is 0 Å². The molecule has 0 aromatic carbocycles. The number of halogens is 1. The van der Waals surface area contributed by atoms with Crippen molar-refractivity contribution in [3.05, 3.63) is 36.5 Å². The molecule has 2 bridgehead atoms. The number of fused-ring (bicyclic) bond motifs is 5. The number of guanidine groups is 1. The molecule has 3 N–H and O–H groups in total. The van der Waals surface area contributed by atoms with Gasteiger partial charge in [-0.2, -0.15) is 0 Å². The monoisotopic (exact) mass is 453 g/mol. The zero-order valence-electron chi connectivity index (χ0n) is 13.5. The van der Waals surface area contributed by atoms with Gasteiger partial charge in [-0.05, 0) is 30.4 Å². The maximum atomic E-state index is 12.5. The van der Waals surface area contributed by atoms with Crippen molar-refractivity contribution in [1.29, 1.82) is 0 Å². The normalized spacial score (nSPS) is 29.8. The Kier molecular flexibility index (Phi) is 5.07. The highest BCUT2D eigenvalue weighted by Gasteiger charge is 2.58. The SMILES string of the molecule is I.NC(=NCCN1C(=O)C2C3C=CC(C3)C2C1=O)Nc1ccccn1. The molecule has 4 unspecified atom stereocenters. The van der Waals surface area contributed by atoms with Crippen LogP contribution in [0.2, 0.25) is 0 Å². The van der Waals surface area contributed by atoms with E-state index in [1.807, 2.05) is 12.1 Å². The van der Waals surface area contributed by atoms with E-state index < -0.39 is 0 Å². The fourth-order valence-electron chi connectivity index (χ4n) is 4.06. The van der Waals surface area contributed by atoms with Gasteiger partial charge in [-0.1, -0.05) is 18.2 Å². The van der Waals surface area contributed by atoms with E-state index in [9.17, 15) is 9.59 Å². The Balaban J connectivity index is 0.00000182. The summed E-state index contributed by atoms with van der Waals surface area (Å²) in [5.74, 6) is 0.892. The summed E-state index contributed by atoms with van der Waals surface area (Å²) in [6, 6.07) is 5.42. The van der Waals surface area contributed by atoms with Crippen molar-refractivity contribution in [2.24, 2.45) is 34.4 Å². The second-order valence-corrected chi connectivity index (χ2v) is 6.43. The number of hydrogen-bond donors (Lipinski definition) is 2. The van der Waals surface area contributed by atoms with Gasteiger partial charge in [0.2, 0.25) is 11.8 Å². The number of nitrogens with two attached hydrogens (primary N) is 1. The molecule has 1 saturated carbocycles. The first kappa shape index (κ1) is 17.8. The van der Waals surface area contributed by atoms with Crippen LogP contribution in [0.5, 0.6) is 0 Å². The summed E-state index contributed by atoms with van der Waals surface area (Å²) in [5.41, 5.74) is 5.81. The largest absolute Gasteiger partial charge is 0.370 e. The molecule has 1 saturated heterocycles. The average molecular weight is 453 g/mol. The predicted octanol–water partition coefficient (Wildman–Crippen LogP) is 1.23. The minimum atomic E-state index is -0.152. The number of allylic oxidation sites excluding steroid dienone is 2. The lowest BCUT2D eigenvalue weighted by molar-refractivity contribution is -0.140. The van der Waals surface area contributed by atoms with Crippen LogP contribution < -0.4 is 11.1 Å². The lowest BCUT2D eigenvalue weighted by Gasteiger charge is -2.16. The molecule has 2 heterocycles. The Morgan fingerprint density at radius 3 is 2.52 bits per heavy atom. The molecule has 0 radical (unpaired) electrons. The van der Waals surface area contributed by atoms with Gasteiger partial charge in [-0.25, -0.2) is 4.98 Å². The van der Waals surface area contributed by atoms with Crippen LogP contribution in [-0.4, -0.2) is 40.7 Å². The van der Waals surface area contributed by atoms with Crippen molar-refractivity contribution in [2.75, 3.05) is 18.4 Å². The Morgan fingerprint density at radius 2 is 1.92 bits per heavy atom. The summed E-state index contributed by atoms with van der Waals surface area (Å²) in [7, 11) is 0. The van der Waals surface area contributed by atoms with Gasteiger partial charge in [0.25, 0.3) is 0 Å². The van der Waals surface area contributed by atoms with Crippen LogP contribution in [0.4, 0.5) is 5.82 Å². The smallest absolute Gasteiger partial charge is 0.233 e. The average Bonchev–Trinajstić information content (AvgIpc) is 3.25. The zero-order valence-corrected chi connectivity index (χ0v) is 15.9. The van der Waals surface area contributed by atoms with Gasteiger partial charge in [0.05, 0.1) is 18.4 Å². The van der Waals surface area contributed by atoms with Gasteiger partial charge in [0, 0.05) is 12.7 Å². The first-order valence-corrected chi connectivity index (χ1v) is 8.16. The van der Waals surface area contributed by atoms with Crippen LogP contribution in [0.25, 0.3) is 0 Å². The standard InChI is InChI=1S/C17H19N5O2.HI/c18-17(21-12-3-1-2-6-19-12)20-7-8-22-15(23)13-10-4-5-11(9-10)14(13)16(22)24;/h1-6,10-11,13-14H,7-9H2,(H3,18,19,20,21);1H. The van der Waals surface area contributed by atoms with E-state index in [-0.39, 0.29) is 78.5 Å². The third kappa shape index (κ3) is 3.14. The summed E-state index contributed by atoms with van der Waals surface area (Å²) in [5, 5.41) is 2.87. The fourth-order valence-corrected chi connectivity index (χ4v) is 4.06. The predicted molar refractivity (Wildman–Crippen MR) is 104 cm³/mol. The number of nitrogens with zero attached hydrogens (tertiary/aromatic N) is 3. The number of anilines is 1. The van der Waals surface area contributed by atoms with Crippen molar-refractivity contribution in [3.8, 4) is 0 Å². The minimum absolute atomic E-state index is 0. The van der Waals surface area contributed by atoms with Crippen molar-refractivity contribution < 1.29 is 9.59 Å². The fraction of sp³-hybridized carbons (Fsp3) is 0.412. The van der Waals surface area contributed by atoms with E-state index >= 15 is 0 Å². The van der Waals surface area contributed by atoms with Crippen LogP contribution in [0.15, 0.2) is 41.5 Å². The Morgan fingerprint density at radius 1 is 1.24 bits per heavy atom. The maximum Gasteiger partial charge on any atom is 0.233 e. The number of hydrogen-bond acceptors (Lipinski definition) is 4. The quantitative estimate of drug-likeness (QED) is 0.235. The molecule has 1 aliphatic heterocycles. The van der Waals surface area contributed by atoms with Gasteiger partial charge in [-0.3, -0.25) is 19.5 Å². The molecule has 2 aliphatic carbocycles. The van der Waals surface area contributed by atoms with E-state index in [4.69, 9.17) is 5.73 Å². The highest BCUT2D eigenvalue weighted by Crippen LogP contribution is 2.52. The molecule has 4 atom stereocenters. The molecule has 7 nitrogen and oxygen atoms in total. The number of nitrogens with one attached hydrogen (secondary N) is 1. The lowest BCUT2D eigenvalue weighted by Crippen LogP contribution is -2.35. The highest BCUT2D eigenvalue weighted by atomic mass is 127. The Hall–Kier alpha value is -1.97. The number of likely N-dealkylation sites (tertiary alicyclic amines) is 1. The van der Waals surface area contributed by atoms with E-state index in [0.717, 1.165) is 6.42 Å². The van der Waals surface area contributed by atoms with E-state index in [2.05, 4.69) is 27.4 Å². The van der Waals surface area contributed by atoms with Crippen LogP contribution in [-0.2, 0) is 9.59 Å². The van der Waals surface area contributed by atoms with Gasteiger partial charge in [-0.15, -0.1) is 24.0 Å². The number of aliphatic imine (C=N–C) groups is 1. The molecular weight excluding hydrogens is 433 g/mol. The summed E-state index contributed by atoms with van der Waals surface area (Å²) < 4.78 is 0. The topological polar surface area (TPSA) is 101 Å². The number of aromatic nitrogens is 1.